The molecule has 0 radical (unpaired) electrons. The molecule has 1 atom stereocenters. The Labute approximate surface area is 88.8 Å². The molecule has 0 spiro atoms. The molecule has 4 nitrogen and oxygen atoms in total. The number of rotatable bonds is 2. The Balaban J connectivity index is 2.19. The first kappa shape index (κ1) is 9.98. The van der Waals surface area contributed by atoms with Crippen molar-refractivity contribution in [3.63, 3.8) is 0 Å². The van der Waals surface area contributed by atoms with E-state index < -0.39 is 0 Å². The van der Waals surface area contributed by atoms with Crippen LogP contribution in [-0.4, -0.2) is 25.1 Å². The minimum absolute atomic E-state index is 0.0672. The number of methoxy groups -OCH3 is 1. The predicted molar refractivity (Wildman–Crippen MR) is 56.3 cm³/mol. The fraction of sp³-hybridized carbons (Fsp3) is 0.364. The molecule has 1 unspecified atom stereocenters. The Kier molecular flexibility index (Phi) is 2.60. The van der Waals surface area contributed by atoms with Gasteiger partial charge in [0.15, 0.2) is 0 Å². The van der Waals surface area contributed by atoms with Crippen LogP contribution in [0, 0.1) is 0 Å². The van der Waals surface area contributed by atoms with E-state index in [1.165, 1.54) is 5.01 Å². The zero-order valence-electron chi connectivity index (χ0n) is 8.86. The van der Waals surface area contributed by atoms with E-state index in [0.29, 0.717) is 6.42 Å². The molecule has 1 aromatic rings. The number of carbonyl (C=O) groups excluding carboxylic acids is 1. The Morgan fingerprint density at radius 1 is 1.53 bits per heavy atom. The molecule has 1 aliphatic heterocycles. The molecular weight excluding hydrogens is 192 g/mol. The van der Waals surface area contributed by atoms with E-state index >= 15 is 0 Å². The van der Waals surface area contributed by atoms with Crippen molar-refractivity contribution >= 4 is 5.91 Å². The summed E-state index contributed by atoms with van der Waals surface area (Å²) >= 11 is 0. The second-order valence-electron chi connectivity index (χ2n) is 3.62. The minimum atomic E-state index is 0.0672. The third-order valence-electron chi connectivity index (χ3n) is 2.60. The van der Waals surface area contributed by atoms with E-state index in [4.69, 9.17) is 4.74 Å². The molecule has 1 amide bonds. The Bertz CT molecular complexity index is 379. The highest BCUT2D eigenvalue weighted by Gasteiger charge is 2.27. The van der Waals surface area contributed by atoms with Crippen LogP contribution in [-0.2, 0) is 4.79 Å². The number of nitrogens with one attached hydrogen (secondary N) is 1. The van der Waals surface area contributed by atoms with Gasteiger partial charge in [-0.2, -0.15) is 0 Å². The smallest absolute Gasteiger partial charge is 0.238 e. The van der Waals surface area contributed by atoms with Crippen molar-refractivity contribution in [1.82, 2.24) is 10.4 Å². The number of hydrogen-bond acceptors (Lipinski definition) is 3. The lowest BCUT2D eigenvalue weighted by Crippen LogP contribution is -2.30. The van der Waals surface area contributed by atoms with Crippen molar-refractivity contribution in [1.29, 1.82) is 0 Å². The van der Waals surface area contributed by atoms with Crippen LogP contribution in [0.4, 0.5) is 0 Å². The molecule has 1 aromatic carbocycles. The summed E-state index contributed by atoms with van der Waals surface area (Å²) < 4.78 is 5.14. The summed E-state index contributed by atoms with van der Waals surface area (Å²) in [5.74, 6) is 0.930. The van der Waals surface area contributed by atoms with Crippen molar-refractivity contribution in [3.8, 4) is 5.75 Å². The van der Waals surface area contributed by atoms with Gasteiger partial charge < -0.3 is 4.74 Å². The van der Waals surface area contributed by atoms with Gasteiger partial charge in [0, 0.05) is 13.5 Å². The van der Waals surface area contributed by atoms with Crippen LogP contribution in [0.5, 0.6) is 5.75 Å². The predicted octanol–water partition coefficient (Wildman–Crippen LogP) is 1.10. The van der Waals surface area contributed by atoms with Crippen molar-refractivity contribution in [3.05, 3.63) is 29.8 Å². The van der Waals surface area contributed by atoms with Gasteiger partial charge in [-0.25, -0.2) is 5.43 Å². The molecular formula is C11H14N2O2. The van der Waals surface area contributed by atoms with E-state index in [1.54, 1.807) is 14.2 Å². The molecule has 4 heteroatoms. The lowest BCUT2D eigenvalue weighted by Gasteiger charge is -2.13. The molecule has 1 fully saturated rings. The van der Waals surface area contributed by atoms with E-state index in [-0.39, 0.29) is 11.9 Å². The summed E-state index contributed by atoms with van der Waals surface area (Å²) in [6.45, 7) is 0. The second kappa shape index (κ2) is 3.90. The fourth-order valence-electron chi connectivity index (χ4n) is 1.71. The third kappa shape index (κ3) is 1.94. The maximum Gasteiger partial charge on any atom is 0.238 e. The maximum absolute atomic E-state index is 11.3. The quantitative estimate of drug-likeness (QED) is 0.788. The van der Waals surface area contributed by atoms with Gasteiger partial charge in [0.05, 0.1) is 13.2 Å². The van der Waals surface area contributed by atoms with E-state index in [9.17, 15) is 4.79 Å². The Hall–Kier alpha value is -1.55. The number of benzene rings is 1. The number of hydrazine groups is 1. The number of nitrogens with zero attached hydrogens (tertiary/aromatic N) is 1. The molecule has 1 heterocycles. The summed E-state index contributed by atoms with van der Waals surface area (Å²) in [5.41, 5.74) is 4.18. The van der Waals surface area contributed by atoms with Gasteiger partial charge in [0.1, 0.15) is 5.75 Å². The average molecular weight is 206 g/mol. The molecule has 2 rings (SSSR count). The molecule has 80 valence electrons. The van der Waals surface area contributed by atoms with Crippen molar-refractivity contribution < 1.29 is 9.53 Å². The van der Waals surface area contributed by atoms with Crippen LogP contribution >= 0.6 is 0 Å². The Morgan fingerprint density at radius 2 is 2.33 bits per heavy atom. The molecule has 0 aliphatic carbocycles. The van der Waals surface area contributed by atoms with Gasteiger partial charge in [-0.15, -0.1) is 0 Å². The molecule has 1 N–H and O–H groups in total. The lowest BCUT2D eigenvalue weighted by atomic mass is 10.1. The summed E-state index contributed by atoms with van der Waals surface area (Å²) in [6, 6.07) is 7.83. The largest absolute Gasteiger partial charge is 0.497 e. The van der Waals surface area contributed by atoms with Crippen molar-refractivity contribution in [2.75, 3.05) is 14.2 Å². The monoisotopic (exact) mass is 206 g/mol. The number of amides is 1. The van der Waals surface area contributed by atoms with Gasteiger partial charge in [-0.1, -0.05) is 12.1 Å². The van der Waals surface area contributed by atoms with Crippen LogP contribution in [0.25, 0.3) is 0 Å². The lowest BCUT2D eigenvalue weighted by molar-refractivity contribution is -0.128. The normalized spacial score (nSPS) is 20.8. The first-order valence-electron chi connectivity index (χ1n) is 4.87. The fourth-order valence-corrected chi connectivity index (χ4v) is 1.71. The zero-order valence-corrected chi connectivity index (χ0v) is 8.86. The van der Waals surface area contributed by atoms with Crippen molar-refractivity contribution in [2.45, 2.75) is 12.5 Å². The van der Waals surface area contributed by atoms with Gasteiger partial charge in [0.25, 0.3) is 0 Å². The Morgan fingerprint density at radius 3 is 2.93 bits per heavy atom. The van der Waals surface area contributed by atoms with Gasteiger partial charge in [-0.3, -0.25) is 9.80 Å². The van der Waals surface area contributed by atoms with Crippen LogP contribution in [0.15, 0.2) is 24.3 Å². The SMILES string of the molecule is COc1cccc(C2CC(=O)N(C)N2)c1. The molecule has 0 bridgehead atoms. The number of hydrogen-bond donors (Lipinski definition) is 1. The highest BCUT2D eigenvalue weighted by molar-refractivity contribution is 5.78. The van der Waals surface area contributed by atoms with Crippen LogP contribution < -0.4 is 10.2 Å². The van der Waals surface area contributed by atoms with Crippen LogP contribution in [0.1, 0.15) is 18.0 Å². The average Bonchev–Trinajstić information content (AvgIpc) is 2.59. The first-order valence-corrected chi connectivity index (χ1v) is 4.87. The minimum Gasteiger partial charge on any atom is -0.497 e. The first-order chi connectivity index (χ1) is 7.20. The standard InChI is InChI=1S/C11H14N2O2/c1-13-11(14)7-10(12-13)8-4-3-5-9(6-8)15-2/h3-6,10,12H,7H2,1-2H3. The molecule has 15 heavy (non-hydrogen) atoms. The topological polar surface area (TPSA) is 41.6 Å². The maximum atomic E-state index is 11.3. The summed E-state index contributed by atoms with van der Waals surface area (Å²) in [5, 5.41) is 1.53. The summed E-state index contributed by atoms with van der Waals surface area (Å²) in [7, 11) is 3.38. The highest BCUT2D eigenvalue weighted by Crippen LogP contribution is 2.25. The number of carbonyl (C=O) groups is 1. The summed E-state index contributed by atoms with van der Waals surface area (Å²) in [4.78, 5) is 11.3. The molecule has 1 aliphatic rings. The van der Waals surface area contributed by atoms with Crippen LogP contribution in [0.2, 0.25) is 0 Å². The summed E-state index contributed by atoms with van der Waals surface area (Å²) in [6.07, 6.45) is 0.504. The van der Waals surface area contributed by atoms with Crippen molar-refractivity contribution in [2.24, 2.45) is 0 Å². The number of ether oxygens (including phenoxy) is 1. The van der Waals surface area contributed by atoms with E-state index in [2.05, 4.69) is 5.43 Å². The second-order valence-corrected chi connectivity index (χ2v) is 3.62. The van der Waals surface area contributed by atoms with Gasteiger partial charge >= 0.3 is 0 Å². The third-order valence-corrected chi connectivity index (χ3v) is 2.60. The van der Waals surface area contributed by atoms with Crippen LogP contribution in [0.3, 0.4) is 0 Å². The molecule has 0 saturated carbocycles. The van der Waals surface area contributed by atoms with Gasteiger partial charge in [-0.05, 0) is 17.7 Å². The molecule has 1 saturated heterocycles. The van der Waals surface area contributed by atoms with E-state index in [1.807, 2.05) is 24.3 Å². The highest BCUT2D eigenvalue weighted by atomic mass is 16.5. The zero-order chi connectivity index (χ0) is 10.8. The van der Waals surface area contributed by atoms with Gasteiger partial charge in [0.2, 0.25) is 5.91 Å². The van der Waals surface area contributed by atoms with E-state index in [0.717, 1.165) is 11.3 Å². The molecule has 0 aromatic heterocycles.